The minimum Gasteiger partial charge on any atom is -0.493 e. The highest BCUT2D eigenvalue weighted by Gasteiger charge is 2.11. The Bertz CT molecular complexity index is 925. The molecule has 0 amide bonds. The van der Waals surface area contributed by atoms with E-state index in [1.165, 1.54) is 5.56 Å². The van der Waals surface area contributed by atoms with Crippen molar-refractivity contribution in [3.8, 4) is 11.5 Å². The smallest absolute Gasteiger partial charge is 0.212 e. The first-order valence-electron chi connectivity index (χ1n) is 9.15. The van der Waals surface area contributed by atoms with E-state index in [4.69, 9.17) is 9.47 Å². The lowest BCUT2D eigenvalue weighted by atomic mass is 10.2. The molecule has 0 aliphatic rings. The maximum absolute atomic E-state index is 5.88. The molecule has 0 aliphatic carbocycles. The Morgan fingerprint density at radius 1 is 1.11 bits per heavy atom. The van der Waals surface area contributed by atoms with Crippen LogP contribution in [0.4, 0.5) is 0 Å². The van der Waals surface area contributed by atoms with Crippen LogP contribution in [0.3, 0.4) is 0 Å². The molecular weight excluding hydrogens is 372 g/mol. The number of para-hydroxylation sites is 1. The Kier molecular flexibility index (Phi) is 7.08. The van der Waals surface area contributed by atoms with Crippen molar-refractivity contribution in [3.63, 3.8) is 0 Å². The van der Waals surface area contributed by atoms with Crippen molar-refractivity contribution < 1.29 is 9.47 Å². The Labute approximate surface area is 169 Å². The summed E-state index contributed by atoms with van der Waals surface area (Å²) in [6, 6.07) is 16.0. The zero-order chi connectivity index (χ0) is 19.8. The molecule has 3 aromatic rings. The molecule has 1 heterocycles. The Hall–Kier alpha value is -2.80. The summed E-state index contributed by atoms with van der Waals surface area (Å²) >= 11 is 1.60. The number of thioether (sulfide) groups is 1. The molecule has 7 heteroatoms. The van der Waals surface area contributed by atoms with Crippen molar-refractivity contribution in [2.75, 3.05) is 13.7 Å². The third-order valence-corrected chi connectivity index (χ3v) is 4.96. The minimum atomic E-state index is 0.616. The van der Waals surface area contributed by atoms with Crippen LogP contribution in [0.2, 0.25) is 0 Å². The molecule has 0 atom stereocenters. The van der Waals surface area contributed by atoms with Crippen LogP contribution in [-0.4, -0.2) is 34.8 Å². The van der Waals surface area contributed by atoms with E-state index < -0.39 is 0 Å². The molecule has 0 N–H and O–H groups in total. The highest BCUT2D eigenvalue weighted by molar-refractivity contribution is 7.98. The van der Waals surface area contributed by atoms with Gasteiger partial charge in [0, 0.05) is 11.3 Å². The summed E-state index contributed by atoms with van der Waals surface area (Å²) in [5.41, 5.74) is 2.08. The van der Waals surface area contributed by atoms with E-state index in [0.717, 1.165) is 28.7 Å². The van der Waals surface area contributed by atoms with Crippen LogP contribution in [0.15, 0.2) is 58.8 Å². The van der Waals surface area contributed by atoms with E-state index in [2.05, 4.69) is 34.4 Å². The number of benzene rings is 2. The predicted molar refractivity (Wildman–Crippen MR) is 113 cm³/mol. The van der Waals surface area contributed by atoms with E-state index >= 15 is 0 Å². The molecule has 28 heavy (non-hydrogen) atoms. The number of aryl methyl sites for hydroxylation is 1. The second-order valence-corrected chi connectivity index (χ2v) is 7.03. The van der Waals surface area contributed by atoms with Crippen LogP contribution in [0.1, 0.15) is 30.3 Å². The van der Waals surface area contributed by atoms with Crippen LogP contribution < -0.4 is 9.47 Å². The van der Waals surface area contributed by atoms with Gasteiger partial charge in [-0.2, -0.15) is 9.78 Å². The summed E-state index contributed by atoms with van der Waals surface area (Å²) in [5.74, 6) is 2.92. The summed E-state index contributed by atoms with van der Waals surface area (Å²) in [5, 5.41) is 13.8. The first-order valence-corrected chi connectivity index (χ1v) is 10.1. The summed E-state index contributed by atoms with van der Waals surface area (Å²) in [7, 11) is 1.64. The van der Waals surface area contributed by atoms with E-state index in [9.17, 15) is 0 Å². The van der Waals surface area contributed by atoms with Crippen molar-refractivity contribution in [2.45, 2.75) is 31.2 Å². The maximum Gasteiger partial charge on any atom is 0.212 e. The lowest BCUT2D eigenvalue weighted by Crippen LogP contribution is -2.02. The normalized spacial score (nSPS) is 11.1. The number of ether oxygens (including phenoxy) is 2. The third kappa shape index (κ3) is 4.92. The number of hydrogen-bond acceptors (Lipinski definition) is 6. The zero-order valence-corrected chi connectivity index (χ0v) is 17.1. The van der Waals surface area contributed by atoms with Gasteiger partial charge >= 0.3 is 0 Å². The van der Waals surface area contributed by atoms with Gasteiger partial charge < -0.3 is 9.47 Å². The van der Waals surface area contributed by atoms with Crippen molar-refractivity contribution in [1.82, 2.24) is 14.9 Å². The largest absolute Gasteiger partial charge is 0.493 e. The molecule has 0 spiro atoms. The topological polar surface area (TPSA) is 61.5 Å². The molecular formula is C21H24N4O2S. The Balaban J connectivity index is 1.82. The van der Waals surface area contributed by atoms with Crippen molar-refractivity contribution >= 4 is 18.0 Å². The third-order valence-electron chi connectivity index (χ3n) is 3.97. The molecule has 6 nitrogen and oxygen atoms in total. The van der Waals surface area contributed by atoms with E-state index in [1.54, 1.807) is 29.8 Å². The van der Waals surface area contributed by atoms with Crippen LogP contribution in [-0.2, 0) is 5.75 Å². The number of rotatable bonds is 9. The lowest BCUT2D eigenvalue weighted by molar-refractivity contribution is 0.294. The molecule has 0 saturated carbocycles. The van der Waals surface area contributed by atoms with E-state index in [-0.39, 0.29) is 0 Å². The molecule has 0 aliphatic heterocycles. The van der Waals surface area contributed by atoms with Gasteiger partial charge in [-0.05, 0) is 31.0 Å². The highest BCUT2D eigenvalue weighted by atomic mass is 32.2. The molecule has 0 fully saturated rings. The van der Waals surface area contributed by atoms with Gasteiger partial charge in [-0.1, -0.05) is 55.1 Å². The van der Waals surface area contributed by atoms with Gasteiger partial charge in [0.05, 0.1) is 19.9 Å². The number of nitrogens with zero attached hydrogens (tertiary/aromatic N) is 4. The van der Waals surface area contributed by atoms with Gasteiger partial charge in [0.15, 0.2) is 17.3 Å². The molecule has 0 radical (unpaired) electrons. The molecule has 146 valence electrons. The second kappa shape index (κ2) is 9.94. The Morgan fingerprint density at radius 2 is 1.93 bits per heavy atom. The molecule has 2 aromatic carbocycles. The average molecular weight is 397 g/mol. The summed E-state index contributed by atoms with van der Waals surface area (Å²) in [6.45, 7) is 4.57. The average Bonchev–Trinajstić information content (AvgIpc) is 3.09. The maximum atomic E-state index is 5.88. The molecule has 0 saturated heterocycles. The SMILES string of the molecule is CCCOc1c(/C=N\n2c(C)nnc2SCc2ccccc2)cccc1OC. The van der Waals surface area contributed by atoms with Crippen molar-refractivity contribution in [1.29, 1.82) is 0 Å². The van der Waals surface area contributed by atoms with E-state index in [0.29, 0.717) is 18.1 Å². The van der Waals surface area contributed by atoms with Crippen LogP contribution in [0, 0.1) is 6.92 Å². The fraction of sp³-hybridized carbons (Fsp3) is 0.286. The quantitative estimate of drug-likeness (QED) is 0.392. The first kappa shape index (κ1) is 19.9. The van der Waals surface area contributed by atoms with Crippen LogP contribution in [0.5, 0.6) is 11.5 Å². The van der Waals surface area contributed by atoms with Gasteiger partial charge in [0.2, 0.25) is 5.16 Å². The first-order chi connectivity index (χ1) is 13.7. The van der Waals surface area contributed by atoms with Gasteiger partial charge in [0.25, 0.3) is 0 Å². The summed E-state index contributed by atoms with van der Waals surface area (Å²) < 4.78 is 13.1. The monoisotopic (exact) mass is 396 g/mol. The van der Waals surface area contributed by atoms with Crippen molar-refractivity contribution in [3.05, 3.63) is 65.5 Å². The van der Waals surface area contributed by atoms with Gasteiger partial charge in [-0.3, -0.25) is 0 Å². The molecule has 1 aromatic heterocycles. The van der Waals surface area contributed by atoms with Crippen molar-refractivity contribution in [2.24, 2.45) is 5.10 Å². The molecule has 3 rings (SSSR count). The van der Waals surface area contributed by atoms with Crippen LogP contribution >= 0.6 is 11.8 Å². The summed E-state index contributed by atoms with van der Waals surface area (Å²) in [6.07, 6.45) is 2.68. The van der Waals surface area contributed by atoms with Crippen LogP contribution in [0.25, 0.3) is 0 Å². The zero-order valence-electron chi connectivity index (χ0n) is 16.3. The fourth-order valence-electron chi connectivity index (χ4n) is 2.56. The number of aromatic nitrogens is 3. The standard InChI is InChI=1S/C21H24N4O2S/c1-4-13-27-20-18(11-8-12-19(20)26-3)14-22-25-16(2)23-24-21(25)28-15-17-9-6-5-7-10-17/h5-12,14H,4,13,15H2,1-3H3/b22-14-. The minimum absolute atomic E-state index is 0.616. The molecule has 0 unspecified atom stereocenters. The number of hydrogen-bond donors (Lipinski definition) is 0. The number of methoxy groups -OCH3 is 1. The highest BCUT2D eigenvalue weighted by Crippen LogP contribution is 2.30. The lowest BCUT2D eigenvalue weighted by Gasteiger charge is -2.12. The second-order valence-electron chi connectivity index (χ2n) is 6.09. The summed E-state index contributed by atoms with van der Waals surface area (Å²) in [4.78, 5) is 0. The van der Waals surface area contributed by atoms with Gasteiger partial charge in [-0.15, -0.1) is 10.2 Å². The van der Waals surface area contributed by atoms with Gasteiger partial charge in [0.1, 0.15) is 0 Å². The predicted octanol–water partition coefficient (Wildman–Crippen LogP) is 4.56. The van der Waals surface area contributed by atoms with Gasteiger partial charge in [-0.25, -0.2) is 0 Å². The fourth-order valence-corrected chi connectivity index (χ4v) is 3.45. The van der Waals surface area contributed by atoms with E-state index in [1.807, 2.05) is 43.3 Å². The molecule has 0 bridgehead atoms. The Morgan fingerprint density at radius 3 is 2.68 bits per heavy atom.